The van der Waals surface area contributed by atoms with Gasteiger partial charge in [0.1, 0.15) is 5.41 Å². The number of esters is 3. The Balaban J connectivity index is 5.08. The van der Waals surface area contributed by atoms with E-state index >= 15 is 0 Å². The molecule has 0 amide bonds. The molecule has 0 radical (unpaired) electrons. The minimum atomic E-state index is -1.31. The quantitative estimate of drug-likeness (QED) is 0.524. The molecule has 0 fully saturated rings. The fourth-order valence-electron chi connectivity index (χ4n) is 1.24. The van der Waals surface area contributed by atoms with E-state index in [0.717, 1.165) is 6.92 Å². The Bertz CT molecular complexity index is 307. The van der Waals surface area contributed by atoms with Crippen molar-refractivity contribution in [1.82, 2.24) is 0 Å². The van der Waals surface area contributed by atoms with Crippen LogP contribution in [0.25, 0.3) is 0 Å². The third-order valence-corrected chi connectivity index (χ3v) is 2.15. The minimum Gasteiger partial charge on any atom is -0.468 e. The molecular weight excluding hydrogens is 228 g/mol. The van der Waals surface area contributed by atoms with Gasteiger partial charge in [-0.15, -0.1) is 0 Å². The summed E-state index contributed by atoms with van der Waals surface area (Å²) < 4.78 is 14.2. The summed E-state index contributed by atoms with van der Waals surface area (Å²) in [5, 5.41) is 0. The molecule has 1 atom stereocenters. The van der Waals surface area contributed by atoms with E-state index < -0.39 is 29.4 Å². The highest BCUT2D eigenvalue weighted by molar-refractivity contribution is 5.88. The molecule has 1 unspecified atom stereocenters. The molecule has 98 valence electrons. The second kappa shape index (κ2) is 6.22. The highest BCUT2D eigenvalue weighted by Crippen LogP contribution is 2.26. The Hall–Kier alpha value is -1.59. The molecule has 0 aromatic heterocycles. The molecule has 6 nitrogen and oxygen atoms in total. The molecule has 0 aromatic carbocycles. The van der Waals surface area contributed by atoms with Crippen LogP contribution in [-0.2, 0) is 28.6 Å². The number of hydrogen-bond acceptors (Lipinski definition) is 6. The highest BCUT2D eigenvalue weighted by Gasteiger charge is 2.46. The van der Waals surface area contributed by atoms with Crippen LogP contribution in [0.5, 0.6) is 0 Å². The van der Waals surface area contributed by atoms with Crippen molar-refractivity contribution < 1.29 is 28.6 Å². The van der Waals surface area contributed by atoms with E-state index in [1.165, 1.54) is 21.0 Å². The Morgan fingerprint density at radius 3 is 2.12 bits per heavy atom. The maximum Gasteiger partial charge on any atom is 0.348 e. The SMILES string of the molecule is CCOC(=O)C(OC(C)=O)C(C)(C)C(=O)OC. The van der Waals surface area contributed by atoms with Gasteiger partial charge in [-0.1, -0.05) is 0 Å². The van der Waals surface area contributed by atoms with Crippen LogP contribution in [0.4, 0.5) is 0 Å². The maximum atomic E-state index is 11.6. The Labute approximate surface area is 100 Å². The van der Waals surface area contributed by atoms with Crippen LogP contribution >= 0.6 is 0 Å². The third kappa shape index (κ3) is 4.05. The number of carbonyl (C=O) groups is 3. The minimum absolute atomic E-state index is 0.133. The fraction of sp³-hybridized carbons (Fsp3) is 0.727. The van der Waals surface area contributed by atoms with E-state index in [0.29, 0.717) is 0 Å². The van der Waals surface area contributed by atoms with Gasteiger partial charge in [0.05, 0.1) is 13.7 Å². The molecule has 0 saturated carbocycles. The van der Waals surface area contributed by atoms with Crippen LogP contribution in [0, 0.1) is 5.41 Å². The van der Waals surface area contributed by atoms with Gasteiger partial charge in [-0.05, 0) is 20.8 Å². The van der Waals surface area contributed by atoms with E-state index in [2.05, 4.69) is 4.74 Å². The van der Waals surface area contributed by atoms with E-state index in [9.17, 15) is 14.4 Å². The van der Waals surface area contributed by atoms with Gasteiger partial charge in [-0.25, -0.2) is 4.79 Å². The molecule has 6 heteroatoms. The lowest BCUT2D eigenvalue weighted by Gasteiger charge is -2.28. The van der Waals surface area contributed by atoms with E-state index in [-0.39, 0.29) is 6.61 Å². The lowest BCUT2D eigenvalue weighted by Crippen LogP contribution is -2.46. The average molecular weight is 246 g/mol. The second-order valence-electron chi connectivity index (χ2n) is 3.95. The maximum absolute atomic E-state index is 11.6. The summed E-state index contributed by atoms with van der Waals surface area (Å²) in [5.41, 5.74) is -1.30. The summed E-state index contributed by atoms with van der Waals surface area (Å²) in [6, 6.07) is 0. The summed E-state index contributed by atoms with van der Waals surface area (Å²) in [5.74, 6) is -2.09. The zero-order valence-electron chi connectivity index (χ0n) is 10.7. The van der Waals surface area contributed by atoms with Crippen molar-refractivity contribution in [2.75, 3.05) is 13.7 Å². The lowest BCUT2D eigenvalue weighted by molar-refractivity contribution is -0.182. The first-order chi connectivity index (χ1) is 7.77. The van der Waals surface area contributed by atoms with Crippen molar-refractivity contribution in [3.05, 3.63) is 0 Å². The summed E-state index contributed by atoms with van der Waals surface area (Å²) >= 11 is 0. The van der Waals surface area contributed by atoms with Crippen molar-refractivity contribution in [2.45, 2.75) is 33.8 Å². The van der Waals surface area contributed by atoms with Crippen LogP contribution in [0.1, 0.15) is 27.7 Å². The van der Waals surface area contributed by atoms with Crippen LogP contribution in [0.2, 0.25) is 0 Å². The lowest BCUT2D eigenvalue weighted by atomic mass is 9.86. The van der Waals surface area contributed by atoms with Crippen molar-refractivity contribution in [3.63, 3.8) is 0 Å². The zero-order valence-corrected chi connectivity index (χ0v) is 10.7. The molecule has 0 bridgehead atoms. The molecule has 0 rings (SSSR count). The van der Waals surface area contributed by atoms with Gasteiger partial charge in [-0.3, -0.25) is 9.59 Å². The third-order valence-electron chi connectivity index (χ3n) is 2.15. The monoisotopic (exact) mass is 246 g/mol. The van der Waals surface area contributed by atoms with Crippen LogP contribution < -0.4 is 0 Å². The van der Waals surface area contributed by atoms with Gasteiger partial charge < -0.3 is 14.2 Å². The number of carbonyl (C=O) groups excluding carboxylic acids is 3. The van der Waals surface area contributed by atoms with Gasteiger partial charge in [0.25, 0.3) is 0 Å². The summed E-state index contributed by atoms with van der Waals surface area (Å²) in [4.78, 5) is 34.1. The molecule has 0 aliphatic heterocycles. The van der Waals surface area contributed by atoms with Crippen molar-refractivity contribution in [3.8, 4) is 0 Å². The highest BCUT2D eigenvalue weighted by atomic mass is 16.6. The van der Waals surface area contributed by atoms with Crippen molar-refractivity contribution in [1.29, 1.82) is 0 Å². The summed E-state index contributed by atoms with van der Waals surface area (Å²) in [7, 11) is 1.19. The molecule has 0 aliphatic carbocycles. The average Bonchev–Trinajstić information content (AvgIpc) is 2.24. The Kier molecular flexibility index (Phi) is 5.64. The molecule has 17 heavy (non-hydrogen) atoms. The number of methoxy groups -OCH3 is 1. The van der Waals surface area contributed by atoms with Crippen molar-refractivity contribution in [2.24, 2.45) is 5.41 Å². The van der Waals surface area contributed by atoms with Crippen molar-refractivity contribution >= 4 is 17.9 Å². The van der Waals surface area contributed by atoms with Crippen LogP contribution in [-0.4, -0.2) is 37.7 Å². The molecule has 0 spiro atoms. The molecule has 0 aromatic rings. The first-order valence-corrected chi connectivity index (χ1v) is 5.19. The van der Waals surface area contributed by atoms with Gasteiger partial charge in [0.2, 0.25) is 6.10 Å². The second-order valence-corrected chi connectivity index (χ2v) is 3.95. The first-order valence-electron chi connectivity index (χ1n) is 5.19. The van der Waals surface area contributed by atoms with Crippen LogP contribution in [0.15, 0.2) is 0 Å². The topological polar surface area (TPSA) is 78.9 Å². The predicted molar refractivity (Wildman–Crippen MR) is 58.0 cm³/mol. The summed E-state index contributed by atoms with van der Waals surface area (Å²) in [6.07, 6.45) is -1.31. The number of ether oxygens (including phenoxy) is 3. The molecule has 0 aliphatic rings. The van der Waals surface area contributed by atoms with Gasteiger partial charge in [-0.2, -0.15) is 0 Å². The van der Waals surface area contributed by atoms with E-state index in [1.54, 1.807) is 6.92 Å². The Morgan fingerprint density at radius 2 is 1.76 bits per heavy atom. The predicted octanol–water partition coefficient (Wildman–Crippen LogP) is 0.680. The largest absolute Gasteiger partial charge is 0.468 e. The number of hydrogen-bond donors (Lipinski definition) is 0. The van der Waals surface area contributed by atoms with Gasteiger partial charge in [0.15, 0.2) is 0 Å². The number of rotatable bonds is 5. The molecule has 0 N–H and O–H groups in total. The van der Waals surface area contributed by atoms with Gasteiger partial charge in [0, 0.05) is 6.92 Å². The molecule has 0 heterocycles. The zero-order chi connectivity index (χ0) is 13.6. The van der Waals surface area contributed by atoms with Crippen LogP contribution in [0.3, 0.4) is 0 Å². The molecular formula is C11H18O6. The molecule has 0 saturated heterocycles. The first kappa shape index (κ1) is 15.4. The summed E-state index contributed by atoms with van der Waals surface area (Å²) in [6.45, 7) is 5.80. The normalized spacial score (nSPS) is 12.5. The van der Waals surface area contributed by atoms with E-state index in [1.807, 2.05) is 0 Å². The fourth-order valence-corrected chi connectivity index (χ4v) is 1.24. The van der Waals surface area contributed by atoms with Gasteiger partial charge >= 0.3 is 17.9 Å². The Morgan fingerprint density at radius 1 is 1.24 bits per heavy atom. The smallest absolute Gasteiger partial charge is 0.348 e. The van der Waals surface area contributed by atoms with E-state index in [4.69, 9.17) is 9.47 Å². The standard InChI is InChI=1S/C11H18O6/c1-6-16-9(13)8(17-7(2)12)11(3,4)10(14)15-5/h8H,6H2,1-5H3.